The predicted molar refractivity (Wildman–Crippen MR) is 81.1 cm³/mol. The first-order valence-corrected chi connectivity index (χ1v) is 8.62. The second kappa shape index (κ2) is 5.65. The highest BCUT2D eigenvalue weighted by Crippen LogP contribution is 2.31. The van der Waals surface area contributed by atoms with E-state index in [2.05, 4.69) is 5.16 Å². The molecule has 1 aromatic rings. The molecule has 0 atom stereocenters. The molecule has 3 rings (SSSR count). The number of benzene rings is 1. The fraction of sp³-hybridized carbons (Fsp3) is 0.500. The fourth-order valence-electron chi connectivity index (χ4n) is 2.98. The third kappa shape index (κ3) is 2.51. The van der Waals surface area contributed by atoms with Crippen molar-refractivity contribution in [2.24, 2.45) is 5.16 Å². The molecule has 0 radical (unpaired) electrons. The van der Waals surface area contributed by atoms with Crippen molar-refractivity contribution in [1.82, 2.24) is 4.31 Å². The Hall–Kier alpha value is -1.60. The normalized spacial score (nSPS) is 22.3. The van der Waals surface area contributed by atoms with Gasteiger partial charge in [-0.15, -0.1) is 0 Å². The van der Waals surface area contributed by atoms with Crippen LogP contribution >= 0.6 is 0 Å². The molecule has 0 spiro atoms. The average Bonchev–Trinajstić information content (AvgIpc) is 2.96. The van der Waals surface area contributed by atoms with E-state index >= 15 is 0 Å². The van der Waals surface area contributed by atoms with E-state index in [1.807, 2.05) is 18.2 Å². The van der Waals surface area contributed by atoms with E-state index in [9.17, 15) is 13.6 Å². The van der Waals surface area contributed by atoms with Gasteiger partial charge in [0.15, 0.2) is 0 Å². The third-order valence-electron chi connectivity index (χ3n) is 4.05. The van der Waals surface area contributed by atoms with Crippen LogP contribution in [0, 0.1) is 0 Å². The quantitative estimate of drug-likeness (QED) is 0.669. The van der Waals surface area contributed by atoms with Crippen molar-refractivity contribution in [3.63, 3.8) is 0 Å². The van der Waals surface area contributed by atoms with Crippen LogP contribution in [0.15, 0.2) is 29.4 Å². The minimum Gasteiger partial charge on any atom is -0.411 e. The van der Waals surface area contributed by atoms with Crippen LogP contribution in [0.1, 0.15) is 31.2 Å². The molecule has 1 N–H and O–H groups in total. The Labute approximate surface area is 124 Å². The van der Waals surface area contributed by atoms with Crippen LogP contribution in [0.4, 0.5) is 5.69 Å². The van der Waals surface area contributed by atoms with Crippen LogP contribution in [0.3, 0.4) is 0 Å². The highest BCUT2D eigenvalue weighted by atomic mass is 32.2. The first-order chi connectivity index (χ1) is 10.1. The second-order valence-electron chi connectivity index (χ2n) is 5.35. The summed E-state index contributed by atoms with van der Waals surface area (Å²) >= 11 is 0. The topological polar surface area (TPSA) is 73.2 Å². The minimum atomic E-state index is -3.50. The summed E-state index contributed by atoms with van der Waals surface area (Å²) in [5.74, 6) is 0. The zero-order chi connectivity index (χ0) is 14.9. The highest BCUT2D eigenvalue weighted by molar-refractivity contribution is 7.90. The van der Waals surface area contributed by atoms with Crippen molar-refractivity contribution in [3.8, 4) is 0 Å². The van der Waals surface area contributed by atoms with Gasteiger partial charge in [-0.25, -0.2) is 0 Å². The Morgan fingerprint density at radius 1 is 1.05 bits per heavy atom. The standard InChI is InChI=1S/C14H19N3O3S/c18-15-13-7-5-11-17(14-8-2-1-6-12(13)14)21(19,20)16-9-3-4-10-16/h1-2,6,8,18H,3-5,7,9-11H2/b15-13-. The SMILES string of the molecule is O=S(=O)(N1CCCC1)N1CCC/C(=N/O)c2ccccc21. The van der Waals surface area contributed by atoms with E-state index in [-0.39, 0.29) is 0 Å². The summed E-state index contributed by atoms with van der Waals surface area (Å²) in [7, 11) is -3.50. The number of oxime groups is 1. The van der Waals surface area contributed by atoms with Crippen LogP contribution in [0.2, 0.25) is 0 Å². The summed E-state index contributed by atoms with van der Waals surface area (Å²) in [4.78, 5) is 0. The summed E-state index contributed by atoms with van der Waals surface area (Å²) in [6.45, 7) is 1.58. The molecule has 0 aromatic heterocycles. The molecule has 1 fully saturated rings. The predicted octanol–water partition coefficient (Wildman–Crippen LogP) is 1.81. The average molecular weight is 309 g/mol. The minimum absolute atomic E-state index is 0.412. The molecule has 114 valence electrons. The Kier molecular flexibility index (Phi) is 3.86. The van der Waals surface area contributed by atoms with Crippen molar-refractivity contribution in [1.29, 1.82) is 0 Å². The van der Waals surface area contributed by atoms with Gasteiger partial charge in [0.05, 0.1) is 11.4 Å². The molecule has 1 aromatic carbocycles. The van der Waals surface area contributed by atoms with Crippen molar-refractivity contribution in [3.05, 3.63) is 29.8 Å². The Morgan fingerprint density at radius 2 is 1.76 bits per heavy atom. The number of hydrogen-bond acceptors (Lipinski definition) is 4. The molecule has 2 aliphatic rings. The molecule has 7 heteroatoms. The number of anilines is 1. The zero-order valence-electron chi connectivity index (χ0n) is 11.8. The lowest BCUT2D eigenvalue weighted by Gasteiger charge is -2.28. The number of hydrogen-bond donors (Lipinski definition) is 1. The molecule has 6 nitrogen and oxygen atoms in total. The van der Waals surface area contributed by atoms with Crippen molar-refractivity contribution in [2.45, 2.75) is 25.7 Å². The highest BCUT2D eigenvalue weighted by Gasteiger charge is 2.34. The van der Waals surface area contributed by atoms with E-state index in [0.717, 1.165) is 12.8 Å². The largest absolute Gasteiger partial charge is 0.411 e. The molecular formula is C14H19N3O3S. The summed E-state index contributed by atoms with van der Waals surface area (Å²) < 4.78 is 28.7. The van der Waals surface area contributed by atoms with Gasteiger partial charge in [-0.1, -0.05) is 23.4 Å². The molecule has 1 saturated heterocycles. The maximum Gasteiger partial charge on any atom is 0.304 e. The Balaban J connectivity index is 2.06. The lowest BCUT2D eigenvalue weighted by Crippen LogP contribution is -2.43. The van der Waals surface area contributed by atoms with Gasteiger partial charge in [0.2, 0.25) is 0 Å². The summed E-state index contributed by atoms with van der Waals surface area (Å²) in [6, 6.07) is 7.23. The molecule has 2 heterocycles. The van der Waals surface area contributed by atoms with E-state index in [4.69, 9.17) is 0 Å². The van der Waals surface area contributed by atoms with Crippen LogP contribution in [-0.4, -0.2) is 43.3 Å². The number of para-hydroxylation sites is 1. The van der Waals surface area contributed by atoms with E-state index in [1.54, 1.807) is 10.4 Å². The van der Waals surface area contributed by atoms with Gasteiger partial charge in [-0.3, -0.25) is 4.31 Å². The maximum absolute atomic E-state index is 12.8. The molecule has 0 aliphatic carbocycles. The van der Waals surface area contributed by atoms with Gasteiger partial charge in [-0.2, -0.15) is 12.7 Å². The molecule has 0 bridgehead atoms. The van der Waals surface area contributed by atoms with E-state index < -0.39 is 10.2 Å². The van der Waals surface area contributed by atoms with Gasteiger partial charge in [-0.05, 0) is 31.7 Å². The van der Waals surface area contributed by atoms with Crippen molar-refractivity contribution >= 4 is 21.6 Å². The monoisotopic (exact) mass is 309 g/mol. The Bertz CT molecular complexity index is 651. The van der Waals surface area contributed by atoms with Gasteiger partial charge < -0.3 is 5.21 Å². The van der Waals surface area contributed by atoms with E-state index in [1.165, 1.54) is 4.31 Å². The van der Waals surface area contributed by atoms with Crippen LogP contribution in [0.5, 0.6) is 0 Å². The smallest absolute Gasteiger partial charge is 0.304 e. The zero-order valence-corrected chi connectivity index (χ0v) is 12.6. The van der Waals surface area contributed by atoms with Gasteiger partial charge in [0.1, 0.15) is 0 Å². The lowest BCUT2D eigenvalue weighted by molar-refractivity contribution is 0.318. The number of nitrogens with zero attached hydrogens (tertiary/aromatic N) is 3. The fourth-order valence-corrected chi connectivity index (χ4v) is 4.75. The first-order valence-electron chi connectivity index (χ1n) is 7.23. The van der Waals surface area contributed by atoms with Crippen molar-refractivity contribution < 1.29 is 13.6 Å². The molecule has 2 aliphatic heterocycles. The van der Waals surface area contributed by atoms with Crippen LogP contribution in [0.25, 0.3) is 0 Å². The first kappa shape index (κ1) is 14.3. The molecular weight excluding hydrogens is 290 g/mol. The molecule has 21 heavy (non-hydrogen) atoms. The van der Waals surface area contributed by atoms with Crippen LogP contribution < -0.4 is 4.31 Å². The molecule has 0 saturated carbocycles. The molecule has 0 amide bonds. The summed E-state index contributed by atoms with van der Waals surface area (Å²) in [5, 5.41) is 12.5. The van der Waals surface area contributed by atoms with Gasteiger partial charge >= 0.3 is 10.2 Å². The van der Waals surface area contributed by atoms with E-state index in [0.29, 0.717) is 49.4 Å². The van der Waals surface area contributed by atoms with Crippen LogP contribution in [-0.2, 0) is 10.2 Å². The van der Waals surface area contributed by atoms with Crippen molar-refractivity contribution in [2.75, 3.05) is 23.9 Å². The number of fused-ring (bicyclic) bond motifs is 1. The maximum atomic E-state index is 12.8. The summed E-state index contributed by atoms with van der Waals surface area (Å²) in [5.41, 5.74) is 1.85. The Morgan fingerprint density at radius 3 is 2.48 bits per heavy atom. The van der Waals surface area contributed by atoms with Gasteiger partial charge in [0, 0.05) is 25.2 Å². The molecule has 0 unspecified atom stereocenters. The lowest BCUT2D eigenvalue weighted by atomic mass is 10.1. The number of rotatable bonds is 2. The van der Waals surface area contributed by atoms with Gasteiger partial charge in [0.25, 0.3) is 0 Å². The second-order valence-corrected chi connectivity index (χ2v) is 7.21. The summed E-state index contributed by atoms with van der Waals surface area (Å²) in [6.07, 6.45) is 3.04. The third-order valence-corrected chi connectivity index (χ3v) is 6.00.